The van der Waals surface area contributed by atoms with Crippen molar-refractivity contribution in [1.29, 1.82) is 0 Å². The second-order valence-electron chi connectivity index (χ2n) is 6.18. The van der Waals surface area contributed by atoms with Crippen molar-refractivity contribution in [2.75, 3.05) is 33.3 Å². The van der Waals surface area contributed by atoms with Crippen molar-refractivity contribution in [2.24, 2.45) is 0 Å². The highest BCUT2D eigenvalue weighted by atomic mass is 16.6. The normalized spacial score (nSPS) is 10.1. The van der Waals surface area contributed by atoms with Gasteiger partial charge in [0.25, 0.3) is 11.6 Å². The van der Waals surface area contributed by atoms with E-state index in [1.54, 1.807) is 19.1 Å². The first-order valence-corrected chi connectivity index (χ1v) is 8.78. The summed E-state index contributed by atoms with van der Waals surface area (Å²) < 4.78 is 20.7. The van der Waals surface area contributed by atoms with Crippen LogP contribution in [-0.2, 0) is 20.7 Å². The Morgan fingerprint density at radius 1 is 1.03 bits per heavy atom. The van der Waals surface area contributed by atoms with Crippen molar-refractivity contribution in [2.45, 2.75) is 13.3 Å². The Morgan fingerprint density at radius 3 is 2.20 bits per heavy atom. The van der Waals surface area contributed by atoms with Gasteiger partial charge in [0.1, 0.15) is 0 Å². The molecular formula is C20H22N2O8. The minimum Gasteiger partial charge on any atom is -0.493 e. The van der Waals surface area contributed by atoms with E-state index in [0.717, 1.165) is 0 Å². The Bertz CT molecular complexity index is 933. The molecule has 0 aliphatic rings. The average molecular weight is 418 g/mol. The molecule has 1 amide bonds. The number of nitrogens with zero attached hydrogens (tertiary/aromatic N) is 1. The van der Waals surface area contributed by atoms with E-state index < -0.39 is 23.4 Å². The molecule has 0 aliphatic carbocycles. The Balaban J connectivity index is 1.97. The molecule has 2 aromatic rings. The van der Waals surface area contributed by atoms with Crippen LogP contribution in [0.15, 0.2) is 30.3 Å². The van der Waals surface area contributed by atoms with Crippen LogP contribution < -0.4 is 19.5 Å². The molecule has 0 unspecified atom stereocenters. The van der Waals surface area contributed by atoms with E-state index in [-0.39, 0.29) is 17.8 Å². The minimum absolute atomic E-state index is 0.118. The Morgan fingerprint density at radius 2 is 1.67 bits per heavy atom. The van der Waals surface area contributed by atoms with Crippen molar-refractivity contribution >= 4 is 23.3 Å². The van der Waals surface area contributed by atoms with E-state index in [0.29, 0.717) is 28.4 Å². The van der Waals surface area contributed by atoms with Gasteiger partial charge < -0.3 is 24.3 Å². The van der Waals surface area contributed by atoms with Gasteiger partial charge in [0.05, 0.1) is 32.7 Å². The van der Waals surface area contributed by atoms with Crippen LogP contribution in [0.3, 0.4) is 0 Å². The van der Waals surface area contributed by atoms with Crippen LogP contribution in [0.25, 0.3) is 0 Å². The number of anilines is 1. The second kappa shape index (κ2) is 10.1. The van der Waals surface area contributed by atoms with Gasteiger partial charge in [0.2, 0.25) is 5.75 Å². The fourth-order valence-electron chi connectivity index (χ4n) is 2.68. The molecule has 30 heavy (non-hydrogen) atoms. The number of hydrogen-bond acceptors (Lipinski definition) is 8. The average Bonchev–Trinajstić information content (AvgIpc) is 2.72. The van der Waals surface area contributed by atoms with Crippen LogP contribution in [-0.4, -0.2) is 44.7 Å². The Kier molecular flexibility index (Phi) is 7.56. The predicted molar refractivity (Wildman–Crippen MR) is 107 cm³/mol. The van der Waals surface area contributed by atoms with Gasteiger partial charge in [-0.1, -0.05) is 6.07 Å². The number of hydrogen-bond donors (Lipinski definition) is 1. The number of benzene rings is 2. The fraction of sp³-hybridized carbons (Fsp3) is 0.300. The zero-order chi connectivity index (χ0) is 22.3. The van der Waals surface area contributed by atoms with E-state index >= 15 is 0 Å². The van der Waals surface area contributed by atoms with Gasteiger partial charge >= 0.3 is 5.97 Å². The van der Waals surface area contributed by atoms with Crippen molar-refractivity contribution in [3.8, 4) is 17.2 Å². The van der Waals surface area contributed by atoms with E-state index in [4.69, 9.17) is 18.9 Å². The number of nitro groups is 1. The van der Waals surface area contributed by atoms with E-state index in [9.17, 15) is 19.7 Å². The van der Waals surface area contributed by atoms with E-state index in [1.807, 2.05) is 0 Å². The molecule has 0 aromatic heterocycles. The third kappa shape index (κ3) is 5.60. The molecule has 0 spiro atoms. The number of carbonyl (C=O) groups excluding carboxylic acids is 2. The van der Waals surface area contributed by atoms with Crippen LogP contribution in [0.5, 0.6) is 17.2 Å². The fourth-order valence-corrected chi connectivity index (χ4v) is 2.68. The Labute approximate surface area is 172 Å². The van der Waals surface area contributed by atoms with Gasteiger partial charge in [0, 0.05) is 17.3 Å². The van der Waals surface area contributed by atoms with Crippen molar-refractivity contribution in [3.05, 3.63) is 51.6 Å². The molecule has 0 bridgehead atoms. The molecular weight excluding hydrogens is 396 g/mol. The molecule has 0 saturated heterocycles. The summed E-state index contributed by atoms with van der Waals surface area (Å²) in [4.78, 5) is 34.6. The molecule has 0 atom stereocenters. The first kappa shape index (κ1) is 22.5. The number of ether oxygens (including phenoxy) is 4. The summed E-state index contributed by atoms with van der Waals surface area (Å²) in [5, 5.41) is 13.4. The SMILES string of the molecule is COc1cc(CC(=O)OCC(=O)Nc2ccc(C)c([N+](=O)[O-])c2)cc(OC)c1OC. The van der Waals surface area contributed by atoms with Gasteiger partial charge in [0.15, 0.2) is 18.1 Å². The topological polar surface area (TPSA) is 126 Å². The summed E-state index contributed by atoms with van der Waals surface area (Å²) in [7, 11) is 4.38. The number of nitro benzene ring substituents is 1. The molecule has 0 radical (unpaired) electrons. The summed E-state index contributed by atoms with van der Waals surface area (Å²) in [5.74, 6) is -0.0962. The second-order valence-corrected chi connectivity index (χ2v) is 6.18. The lowest BCUT2D eigenvalue weighted by Gasteiger charge is -2.14. The molecule has 1 N–H and O–H groups in total. The van der Waals surface area contributed by atoms with Crippen molar-refractivity contribution in [3.63, 3.8) is 0 Å². The van der Waals surface area contributed by atoms with E-state index in [1.165, 1.54) is 39.5 Å². The standard InChI is InChI=1S/C20H22N2O8/c1-12-5-6-14(10-15(12)22(25)26)21-18(23)11-30-19(24)9-13-7-16(27-2)20(29-4)17(8-13)28-3/h5-8,10H,9,11H2,1-4H3,(H,21,23). The highest BCUT2D eigenvalue weighted by molar-refractivity contribution is 5.93. The van der Waals surface area contributed by atoms with E-state index in [2.05, 4.69) is 5.32 Å². The zero-order valence-electron chi connectivity index (χ0n) is 17.0. The van der Waals surface area contributed by atoms with Crippen LogP contribution in [0.2, 0.25) is 0 Å². The summed E-state index contributed by atoms with van der Waals surface area (Å²) in [6, 6.07) is 7.50. The molecule has 0 fully saturated rings. The lowest BCUT2D eigenvalue weighted by molar-refractivity contribution is -0.385. The van der Waals surface area contributed by atoms with Crippen LogP contribution in [0.1, 0.15) is 11.1 Å². The van der Waals surface area contributed by atoms with Crippen molar-refractivity contribution in [1.82, 2.24) is 0 Å². The lowest BCUT2D eigenvalue weighted by Crippen LogP contribution is -2.21. The number of esters is 1. The number of carbonyl (C=O) groups is 2. The van der Waals surface area contributed by atoms with Crippen LogP contribution in [0, 0.1) is 17.0 Å². The van der Waals surface area contributed by atoms with Crippen LogP contribution >= 0.6 is 0 Å². The molecule has 10 heteroatoms. The van der Waals surface area contributed by atoms with Crippen LogP contribution in [0.4, 0.5) is 11.4 Å². The third-order valence-corrected chi connectivity index (χ3v) is 4.13. The predicted octanol–water partition coefficient (Wildman–Crippen LogP) is 2.65. The monoisotopic (exact) mass is 418 g/mol. The smallest absolute Gasteiger partial charge is 0.310 e. The number of rotatable bonds is 9. The first-order chi connectivity index (χ1) is 14.3. The number of amides is 1. The van der Waals surface area contributed by atoms with Gasteiger partial charge in [-0.05, 0) is 30.7 Å². The quantitative estimate of drug-likeness (QED) is 0.374. The van der Waals surface area contributed by atoms with Gasteiger partial charge in [-0.15, -0.1) is 0 Å². The van der Waals surface area contributed by atoms with Gasteiger partial charge in [-0.3, -0.25) is 19.7 Å². The maximum Gasteiger partial charge on any atom is 0.310 e. The first-order valence-electron chi connectivity index (χ1n) is 8.78. The highest BCUT2D eigenvalue weighted by Gasteiger charge is 2.17. The summed E-state index contributed by atoms with van der Waals surface area (Å²) in [6.07, 6.45) is -0.125. The minimum atomic E-state index is -0.644. The van der Waals surface area contributed by atoms with Gasteiger partial charge in [-0.25, -0.2) is 0 Å². The number of nitrogens with one attached hydrogen (secondary N) is 1. The molecule has 2 aromatic carbocycles. The lowest BCUT2D eigenvalue weighted by atomic mass is 10.1. The molecule has 0 saturated carbocycles. The maximum atomic E-state index is 12.1. The third-order valence-electron chi connectivity index (χ3n) is 4.13. The zero-order valence-corrected chi connectivity index (χ0v) is 17.0. The maximum absolute atomic E-state index is 12.1. The van der Waals surface area contributed by atoms with Gasteiger partial charge in [-0.2, -0.15) is 0 Å². The molecule has 10 nitrogen and oxygen atoms in total. The highest BCUT2D eigenvalue weighted by Crippen LogP contribution is 2.38. The molecule has 160 valence electrons. The summed E-state index contributed by atoms with van der Waals surface area (Å²) >= 11 is 0. The largest absolute Gasteiger partial charge is 0.493 e. The molecule has 2 rings (SSSR count). The molecule has 0 heterocycles. The number of aryl methyl sites for hydroxylation is 1. The summed E-state index contributed by atoms with van der Waals surface area (Å²) in [6.45, 7) is 1.06. The van der Waals surface area contributed by atoms with Crippen molar-refractivity contribution < 1.29 is 33.5 Å². The summed E-state index contributed by atoms with van der Waals surface area (Å²) in [5.41, 5.74) is 1.13. The molecule has 0 aliphatic heterocycles. The Hall–Kier alpha value is -3.82. The number of methoxy groups -OCH3 is 3.